The molecule has 17 heavy (non-hydrogen) atoms. The number of nitrogens with zero attached hydrogens (tertiary/aromatic N) is 4. The van der Waals surface area contributed by atoms with Crippen LogP contribution < -0.4 is 11.3 Å². The Hall–Kier alpha value is -2.48. The summed E-state index contributed by atoms with van der Waals surface area (Å²) in [4.78, 5) is 18.5. The topological polar surface area (TPSA) is 112 Å². The largest absolute Gasteiger partial charge is 0.312 e. The maximum Gasteiger partial charge on any atom is 0.312 e. The number of aryl methyl sites for hydroxylation is 1. The van der Waals surface area contributed by atoms with Crippen molar-refractivity contribution < 1.29 is 4.92 Å². The Kier molecular flexibility index (Phi) is 2.71. The molecular weight excluding hydrogens is 224 g/mol. The molecule has 0 spiro atoms. The van der Waals surface area contributed by atoms with E-state index in [0.29, 0.717) is 11.6 Å². The summed E-state index contributed by atoms with van der Waals surface area (Å²) in [5.41, 5.74) is 2.24. The van der Waals surface area contributed by atoms with Crippen LogP contribution in [0, 0.1) is 17.0 Å². The highest BCUT2D eigenvalue weighted by atomic mass is 16.6. The van der Waals surface area contributed by atoms with Crippen molar-refractivity contribution in [3.63, 3.8) is 0 Å². The first-order chi connectivity index (χ1) is 8.13. The molecule has 0 atom stereocenters. The van der Waals surface area contributed by atoms with Crippen LogP contribution in [0.4, 0.5) is 11.5 Å². The lowest BCUT2D eigenvalue weighted by molar-refractivity contribution is -0.384. The number of nitrogen functional groups attached to an aromatic ring is 1. The van der Waals surface area contributed by atoms with E-state index in [2.05, 4.69) is 15.4 Å². The molecule has 0 bridgehead atoms. The molecular formula is C9H10N6O2. The van der Waals surface area contributed by atoms with Crippen molar-refractivity contribution >= 4 is 11.5 Å². The maximum absolute atomic E-state index is 10.9. The van der Waals surface area contributed by atoms with Crippen LogP contribution in [0.5, 0.6) is 0 Å². The normalized spacial score (nSPS) is 10.2. The van der Waals surface area contributed by atoms with Crippen molar-refractivity contribution in [2.75, 3.05) is 5.43 Å². The van der Waals surface area contributed by atoms with Gasteiger partial charge in [-0.05, 0) is 13.0 Å². The van der Waals surface area contributed by atoms with Crippen LogP contribution >= 0.6 is 0 Å². The van der Waals surface area contributed by atoms with Gasteiger partial charge in [-0.2, -0.15) is 0 Å². The number of hydrogen-bond acceptors (Lipinski definition) is 6. The quantitative estimate of drug-likeness (QED) is 0.461. The van der Waals surface area contributed by atoms with Crippen molar-refractivity contribution in [1.29, 1.82) is 0 Å². The molecule has 88 valence electrons. The van der Waals surface area contributed by atoms with Crippen LogP contribution in [0.2, 0.25) is 0 Å². The summed E-state index contributed by atoms with van der Waals surface area (Å²) >= 11 is 0. The first kappa shape index (κ1) is 11.0. The molecule has 8 heteroatoms. The highest BCUT2D eigenvalue weighted by Crippen LogP contribution is 2.23. The molecule has 2 aromatic heterocycles. The van der Waals surface area contributed by atoms with E-state index in [9.17, 15) is 10.1 Å². The Morgan fingerprint density at radius 1 is 1.53 bits per heavy atom. The third-order valence-corrected chi connectivity index (χ3v) is 2.25. The van der Waals surface area contributed by atoms with E-state index in [1.165, 1.54) is 16.7 Å². The lowest BCUT2D eigenvalue weighted by Crippen LogP contribution is -2.11. The van der Waals surface area contributed by atoms with Crippen LogP contribution in [0.3, 0.4) is 0 Å². The van der Waals surface area contributed by atoms with Crippen LogP contribution in [-0.2, 0) is 0 Å². The third kappa shape index (κ3) is 1.93. The van der Waals surface area contributed by atoms with Crippen molar-refractivity contribution in [1.82, 2.24) is 14.5 Å². The lowest BCUT2D eigenvalue weighted by atomic mass is 10.3. The van der Waals surface area contributed by atoms with Crippen LogP contribution in [0.15, 0.2) is 24.5 Å². The van der Waals surface area contributed by atoms with Crippen LogP contribution in [0.1, 0.15) is 5.82 Å². The number of pyridine rings is 1. The van der Waals surface area contributed by atoms with Gasteiger partial charge in [-0.3, -0.25) is 14.7 Å². The zero-order chi connectivity index (χ0) is 12.4. The Labute approximate surface area is 96.2 Å². The molecule has 3 N–H and O–H groups in total. The summed E-state index contributed by atoms with van der Waals surface area (Å²) < 4.78 is 1.53. The molecule has 0 aliphatic heterocycles. The number of hydrogen-bond donors (Lipinski definition) is 2. The first-order valence-electron chi connectivity index (χ1n) is 4.76. The highest BCUT2D eigenvalue weighted by Gasteiger charge is 2.18. The van der Waals surface area contributed by atoms with Gasteiger partial charge in [0.05, 0.1) is 4.92 Å². The van der Waals surface area contributed by atoms with E-state index in [-0.39, 0.29) is 11.5 Å². The van der Waals surface area contributed by atoms with E-state index in [1.807, 2.05) is 0 Å². The fourth-order valence-corrected chi connectivity index (χ4v) is 1.44. The van der Waals surface area contributed by atoms with E-state index in [4.69, 9.17) is 5.84 Å². The fraction of sp³-hybridized carbons (Fsp3) is 0.111. The minimum atomic E-state index is -0.498. The standard InChI is InChI=1S/C9H10N6O2/c1-6-11-4-5-14(6)9-7(15(16)17)2-3-8(12-9)13-10/h2-5H,10H2,1H3,(H,12,13). The summed E-state index contributed by atoms with van der Waals surface area (Å²) in [6.07, 6.45) is 3.15. The molecule has 2 aromatic rings. The summed E-state index contributed by atoms with van der Waals surface area (Å²) in [6, 6.07) is 2.78. The van der Waals surface area contributed by atoms with Gasteiger partial charge in [-0.1, -0.05) is 0 Å². The number of nitro groups is 1. The second kappa shape index (κ2) is 4.18. The van der Waals surface area contributed by atoms with Crippen molar-refractivity contribution in [3.05, 3.63) is 40.5 Å². The van der Waals surface area contributed by atoms with Gasteiger partial charge in [0, 0.05) is 18.5 Å². The number of nitrogens with two attached hydrogens (primary N) is 1. The predicted octanol–water partition coefficient (Wildman–Crippen LogP) is 0.770. The molecule has 0 aliphatic rings. The Balaban J connectivity index is 2.65. The molecule has 0 saturated carbocycles. The molecule has 0 radical (unpaired) electrons. The average molecular weight is 234 g/mol. The van der Waals surface area contributed by atoms with E-state index in [0.717, 1.165) is 0 Å². The lowest BCUT2D eigenvalue weighted by Gasteiger charge is -2.06. The monoisotopic (exact) mass is 234 g/mol. The number of hydrazine groups is 1. The summed E-state index contributed by atoms with van der Waals surface area (Å²) in [7, 11) is 0. The number of imidazole rings is 1. The van der Waals surface area contributed by atoms with Gasteiger partial charge in [-0.25, -0.2) is 15.8 Å². The van der Waals surface area contributed by atoms with Gasteiger partial charge < -0.3 is 5.43 Å². The van der Waals surface area contributed by atoms with E-state index < -0.39 is 4.92 Å². The van der Waals surface area contributed by atoms with E-state index >= 15 is 0 Å². The minimum absolute atomic E-state index is 0.106. The average Bonchev–Trinajstić information content (AvgIpc) is 2.74. The van der Waals surface area contributed by atoms with Gasteiger partial charge in [0.1, 0.15) is 11.6 Å². The molecule has 2 rings (SSSR count). The minimum Gasteiger partial charge on any atom is -0.308 e. The maximum atomic E-state index is 10.9. The van der Waals surface area contributed by atoms with Crippen LogP contribution in [0.25, 0.3) is 5.82 Å². The molecule has 0 fully saturated rings. The van der Waals surface area contributed by atoms with Crippen molar-refractivity contribution in [3.8, 4) is 5.82 Å². The molecule has 0 aliphatic carbocycles. The zero-order valence-corrected chi connectivity index (χ0v) is 8.99. The Morgan fingerprint density at radius 3 is 2.82 bits per heavy atom. The Morgan fingerprint density at radius 2 is 2.29 bits per heavy atom. The second-order valence-electron chi connectivity index (χ2n) is 3.29. The second-order valence-corrected chi connectivity index (χ2v) is 3.29. The van der Waals surface area contributed by atoms with E-state index in [1.54, 1.807) is 19.3 Å². The van der Waals surface area contributed by atoms with Crippen LogP contribution in [-0.4, -0.2) is 19.5 Å². The molecule has 0 aromatic carbocycles. The van der Waals surface area contributed by atoms with Crippen molar-refractivity contribution in [2.45, 2.75) is 6.92 Å². The summed E-state index contributed by atoms with van der Waals surface area (Å²) in [5.74, 6) is 6.36. The van der Waals surface area contributed by atoms with Gasteiger partial charge in [0.15, 0.2) is 0 Å². The van der Waals surface area contributed by atoms with Gasteiger partial charge in [0.25, 0.3) is 0 Å². The van der Waals surface area contributed by atoms with Gasteiger partial charge >= 0.3 is 5.69 Å². The highest BCUT2D eigenvalue weighted by molar-refractivity contribution is 5.53. The van der Waals surface area contributed by atoms with Crippen molar-refractivity contribution in [2.24, 2.45) is 5.84 Å². The molecule has 8 nitrogen and oxygen atoms in total. The third-order valence-electron chi connectivity index (χ3n) is 2.25. The number of nitrogens with one attached hydrogen (secondary N) is 1. The number of rotatable bonds is 3. The number of aromatic nitrogens is 3. The number of anilines is 1. The molecule has 0 amide bonds. The Bertz CT molecular complexity index is 564. The zero-order valence-electron chi connectivity index (χ0n) is 8.99. The molecule has 0 saturated heterocycles. The van der Waals surface area contributed by atoms with Gasteiger partial charge in [0.2, 0.25) is 5.82 Å². The molecule has 2 heterocycles. The van der Waals surface area contributed by atoms with Gasteiger partial charge in [-0.15, -0.1) is 0 Å². The SMILES string of the molecule is Cc1nccn1-c1nc(NN)ccc1[N+](=O)[O-]. The first-order valence-corrected chi connectivity index (χ1v) is 4.76. The fourth-order valence-electron chi connectivity index (χ4n) is 1.44. The predicted molar refractivity (Wildman–Crippen MR) is 60.6 cm³/mol. The smallest absolute Gasteiger partial charge is 0.308 e. The summed E-state index contributed by atoms with van der Waals surface area (Å²) in [5, 5.41) is 10.9. The summed E-state index contributed by atoms with van der Waals surface area (Å²) in [6.45, 7) is 1.73. The molecule has 0 unspecified atom stereocenters.